The summed E-state index contributed by atoms with van der Waals surface area (Å²) in [5.41, 5.74) is 1.08. The summed E-state index contributed by atoms with van der Waals surface area (Å²) >= 11 is 6.11. The largest absolute Gasteiger partial charge is 0.341 e. The van der Waals surface area contributed by atoms with Crippen molar-refractivity contribution in [3.05, 3.63) is 35.9 Å². The molecule has 0 aliphatic carbocycles. The second-order valence-electron chi connectivity index (χ2n) is 4.66. The Balaban J connectivity index is 2.04. The van der Waals surface area contributed by atoms with Gasteiger partial charge < -0.3 is 4.90 Å². The molecule has 0 spiro atoms. The first kappa shape index (κ1) is 12.4. The summed E-state index contributed by atoms with van der Waals surface area (Å²) in [4.78, 5) is 14.2. The molecule has 0 N–H and O–H groups in total. The Bertz CT molecular complexity index is 379. The van der Waals surface area contributed by atoms with Gasteiger partial charge >= 0.3 is 0 Å². The van der Waals surface area contributed by atoms with E-state index in [9.17, 15) is 4.79 Å². The number of amides is 1. The summed E-state index contributed by atoms with van der Waals surface area (Å²) in [5.74, 6) is 0.125. The van der Waals surface area contributed by atoms with Gasteiger partial charge in [0.1, 0.15) is 0 Å². The van der Waals surface area contributed by atoms with Gasteiger partial charge in [0.15, 0.2) is 0 Å². The Morgan fingerprint density at radius 3 is 2.76 bits per heavy atom. The van der Waals surface area contributed by atoms with Crippen molar-refractivity contribution in [1.29, 1.82) is 0 Å². The number of carbonyl (C=O) groups is 1. The Morgan fingerprint density at radius 1 is 1.41 bits per heavy atom. The maximum Gasteiger partial charge on any atom is 0.229 e. The first-order chi connectivity index (χ1) is 8.18. The summed E-state index contributed by atoms with van der Waals surface area (Å²) < 4.78 is 0. The molecule has 1 fully saturated rings. The van der Waals surface area contributed by atoms with Gasteiger partial charge in [-0.2, -0.15) is 0 Å². The van der Waals surface area contributed by atoms with Crippen molar-refractivity contribution in [3.8, 4) is 0 Å². The molecular formula is C14H18ClNO. The molecule has 2 unspecified atom stereocenters. The predicted octanol–water partition coefficient (Wildman–Crippen LogP) is 3.02. The van der Waals surface area contributed by atoms with Gasteiger partial charge in [-0.1, -0.05) is 30.3 Å². The minimum atomic E-state index is -0.0711. The molecule has 1 heterocycles. The van der Waals surface area contributed by atoms with Crippen LogP contribution in [0.3, 0.4) is 0 Å². The number of halogens is 1. The van der Waals surface area contributed by atoms with Crippen molar-refractivity contribution >= 4 is 17.5 Å². The van der Waals surface area contributed by atoms with Gasteiger partial charge in [0.05, 0.1) is 11.3 Å². The molecule has 92 valence electrons. The van der Waals surface area contributed by atoms with Crippen LogP contribution in [0, 0.1) is 0 Å². The molecule has 2 rings (SSSR count). The van der Waals surface area contributed by atoms with Gasteiger partial charge in [-0.3, -0.25) is 4.79 Å². The molecule has 0 saturated carbocycles. The molecule has 1 aromatic carbocycles. The van der Waals surface area contributed by atoms with Crippen LogP contribution in [0.2, 0.25) is 0 Å². The normalized spacial score (nSPS) is 22.2. The molecule has 1 aromatic rings. The molecule has 1 amide bonds. The molecule has 3 heteroatoms. The number of rotatable bonds is 2. The molecule has 17 heavy (non-hydrogen) atoms. The average Bonchev–Trinajstić information content (AvgIpc) is 2.38. The Labute approximate surface area is 108 Å². The molecule has 1 aliphatic heterocycles. The zero-order valence-corrected chi connectivity index (χ0v) is 10.9. The van der Waals surface area contributed by atoms with Gasteiger partial charge in [0.2, 0.25) is 5.91 Å². The van der Waals surface area contributed by atoms with E-state index in [0.717, 1.165) is 24.9 Å². The van der Waals surface area contributed by atoms with Crippen LogP contribution in [-0.4, -0.2) is 29.3 Å². The topological polar surface area (TPSA) is 20.3 Å². The van der Waals surface area contributed by atoms with E-state index in [1.807, 2.05) is 42.2 Å². The molecule has 2 nitrogen and oxygen atoms in total. The Hall–Kier alpha value is -1.02. The van der Waals surface area contributed by atoms with Crippen LogP contribution >= 0.6 is 11.6 Å². The van der Waals surface area contributed by atoms with Gasteiger partial charge in [-0.05, 0) is 25.3 Å². The van der Waals surface area contributed by atoms with E-state index in [2.05, 4.69) is 0 Å². The van der Waals surface area contributed by atoms with Crippen LogP contribution in [0.15, 0.2) is 30.3 Å². The number of hydrogen-bond donors (Lipinski definition) is 0. The van der Waals surface area contributed by atoms with Crippen LogP contribution in [0.25, 0.3) is 0 Å². The lowest BCUT2D eigenvalue weighted by molar-refractivity contribution is -0.133. The van der Waals surface area contributed by atoms with E-state index in [-0.39, 0.29) is 17.2 Å². The fourth-order valence-corrected chi connectivity index (χ4v) is 2.60. The number of carbonyl (C=O) groups excluding carboxylic acids is 1. The molecular weight excluding hydrogens is 234 g/mol. The first-order valence-corrected chi connectivity index (χ1v) is 6.60. The van der Waals surface area contributed by atoms with Crippen LogP contribution in [-0.2, 0) is 4.79 Å². The molecule has 0 bridgehead atoms. The standard InChI is InChI=1S/C14H18ClNO/c1-11(12-6-3-2-4-7-12)14(17)16-9-5-8-13(15)10-16/h2-4,6-7,11,13H,5,8-10H2,1H3. The summed E-state index contributed by atoms with van der Waals surface area (Å²) in [5, 5.41) is 0.121. The van der Waals surface area contributed by atoms with Crippen molar-refractivity contribution in [2.45, 2.75) is 31.1 Å². The van der Waals surface area contributed by atoms with E-state index in [1.54, 1.807) is 0 Å². The van der Waals surface area contributed by atoms with E-state index in [0.29, 0.717) is 6.54 Å². The van der Waals surface area contributed by atoms with Gasteiger partial charge in [-0.15, -0.1) is 11.6 Å². The van der Waals surface area contributed by atoms with E-state index in [4.69, 9.17) is 11.6 Å². The van der Waals surface area contributed by atoms with E-state index < -0.39 is 0 Å². The third-order valence-electron chi connectivity index (χ3n) is 3.35. The number of benzene rings is 1. The smallest absolute Gasteiger partial charge is 0.229 e. The summed E-state index contributed by atoms with van der Waals surface area (Å²) in [6.45, 7) is 3.51. The highest BCUT2D eigenvalue weighted by Crippen LogP contribution is 2.22. The Morgan fingerprint density at radius 2 is 2.12 bits per heavy atom. The number of hydrogen-bond acceptors (Lipinski definition) is 1. The van der Waals surface area contributed by atoms with E-state index >= 15 is 0 Å². The zero-order chi connectivity index (χ0) is 12.3. The second-order valence-corrected chi connectivity index (χ2v) is 5.27. The fourth-order valence-electron chi connectivity index (χ4n) is 2.28. The summed E-state index contributed by atoms with van der Waals surface area (Å²) in [7, 11) is 0. The van der Waals surface area contributed by atoms with Gasteiger partial charge in [0.25, 0.3) is 0 Å². The van der Waals surface area contributed by atoms with Crippen LogP contribution in [0.1, 0.15) is 31.2 Å². The highest BCUT2D eigenvalue weighted by Gasteiger charge is 2.26. The summed E-state index contributed by atoms with van der Waals surface area (Å²) in [6.07, 6.45) is 2.03. The third kappa shape index (κ3) is 3.01. The lowest BCUT2D eigenvalue weighted by atomic mass is 9.98. The molecule has 0 radical (unpaired) electrons. The first-order valence-electron chi connectivity index (χ1n) is 6.16. The number of piperidine rings is 1. The number of likely N-dealkylation sites (tertiary alicyclic amines) is 1. The van der Waals surface area contributed by atoms with Crippen molar-refractivity contribution < 1.29 is 4.79 Å². The van der Waals surface area contributed by atoms with Gasteiger partial charge in [0, 0.05) is 13.1 Å². The maximum absolute atomic E-state index is 12.3. The Kier molecular flexibility index (Phi) is 4.06. The van der Waals surface area contributed by atoms with Crippen molar-refractivity contribution in [3.63, 3.8) is 0 Å². The molecule has 1 aliphatic rings. The highest BCUT2D eigenvalue weighted by atomic mass is 35.5. The highest BCUT2D eigenvalue weighted by molar-refractivity contribution is 6.20. The summed E-state index contributed by atoms with van der Waals surface area (Å²) in [6, 6.07) is 9.92. The quantitative estimate of drug-likeness (QED) is 0.740. The molecule has 2 atom stereocenters. The minimum absolute atomic E-state index is 0.0711. The van der Waals surface area contributed by atoms with Crippen LogP contribution in [0.5, 0.6) is 0 Å². The molecule has 0 aromatic heterocycles. The monoisotopic (exact) mass is 251 g/mol. The molecule has 1 saturated heterocycles. The number of alkyl halides is 1. The zero-order valence-electron chi connectivity index (χ0n) is 10.1. The van der Waals surface area contributed by atoms with Crippen molar-refractivity contribution in [2.24, 2.45) is 0 Å². The maximum atomic E-state index is 12.3. The lowest BCUT2D eigenvalue weighted by Gasteiger charge is -2.32. The van der Waals surface area contributed by atoms with E-state index in [1.165, 1.54) is 0 Å². The lowest BCUT2D eigenvalue weighted by Crippen LogP contribution is -2.42. The second kappa shape index (κ2) is 5.54. The predicted molar refractivity (Wildman–Crippen MR) is 70.3 cm³/mol. The third-order valence-corrected chi connectivity index (χ3v) is 3.70. The minimum Gasteiger partial charge on any atom is -0.341 e. The van der Waals surface area contributed by atoms with Crippen molar-refractivity contribution in [2.75, 3.05) is 13.1 Å². The van der Waals surface area contributed by atoms with Crippen molar-refractivity contribution in [1.82, 2.24) is 4.90 Å². The van der Waals surface area contributed by atoms with Gasteiger partial charge in [-0.25, -0.2) is 0 Å². The number of nitrogens with zero attached hydrogens (tertiary/aromatic N) is 1. The van der Waals surface area contributed by atoms with Crippen LogP contribution < -0.4 is 0 Å². The van der Waals surface area contributed by atoms with Crippen LogP contribution in [0.4, 0.5) is 0 Å². The fraction of sp³-hybridized carbons (Fsp3) is 0.500. The average molecular weight is 252 g/mol. The SMILES string of the molecule is CC(C(=O)N1CCCC(Cl)C1)c1ccccc1.